The van der Waals surface area contributed by atoms with Crippen molar-refractivity contribution in [3.05, 3.63) is 17.2 Å². The molecule has 0 aromatic heterocycles. The van der Waals surface area contributed by atoms with Gasteiger partial charge in [0.05, 0.1) is 29.1 Å². The number of benzene rings is 1. The van der Waals surface area contributed by atoms with Gasteiger partial charge in [0.15, 0.2) is 0 Å². The van der Waals surface area contributed by atoms with Crippen molar-refractivity contribution in [1.29, 1.82) is 0 Å². The number of carbonyl (C=O) groups is 1. The Morgan fingerprint density at radius 3 is 2.54 bits per heavy atom. The number of nitrogen functional groups attached to an aromatic ring is 1. The minimum atomic E-state index is -0.226. The Labute approximate surface area is 161 Å². The van der Waals surface area contributed by atoms with Gasteiger partial charge in [-0.2, -0.15) is 0 Å². The van der Waals surface area contributed by atoms with Crippen molar-refractivity contribution in [2.45, 2.75) is 52.7 Å². The molecule has 7 heteroatoms. The number of nitrogens with one attached hydrogen (secondary N) is 1. The van der Waals surface area contributed by atoms with Crippen molar-refractivity contribution in [1.82, 2.24) is 4.90 Å². The number of ether oxygens (including phenoxy) is 2. The third-order valence-corrected chi connectivity index (χ3v) is 4.42. The molecule has 2 rings (SSSR count). The number of nitrogens with zero attached hydrogens (tertiary/aromatic N) is 1. The van der Waals surface area contributed by atoms with Gasteiger partial charge < -0.3 is 25.4 Å². The summed E-state index contributed by atoms with van der Waals surface area (Å²) in [6.07, 6.45) is 1.47. The average molecular weight is 384 g/mol. The van der Waals surface area contributed by atoms with Gasteiger partial charge in [-0.05, 0) is 38.7 Å². The van der Waals surface area contributed by atoms with Gasteiger partial charge in [-0.25, -0.2) is 4.79 Å². The van der Waals surface area contributed by atoms with Gasteiger partial charge in [0.1, 0.15) is 5.75 Å². The predicted octanol–water partition coefficient (Wildman–Crippen LogP) is 4.38. The number of piperidine rings is 1. The number of hydrogen-bond donors (Lipinski definition) is 2. The quantitative estimate of drug-likeness (QED) is 0.713. The van der Waals surface area contributed by atoms with Crippen LogP contribution >= 0.6 is 11.6 Å². The molecule has 1 aliphatic rings. The number of halogens is 1. The minimum Gasteiger partial charge on any atom is -0.489 e. The lowest BCUT2D eigenvalue weighted by molar-refractivity contribution is 0.0845. The first-order valence-corrected chi connectivity index (χ1v) is 9.58. The van der Waals surface area contributed by atoms with Crippen LogP contribution in [0.2, 0.25) is 5.02 Å². The maximum absolute atomic E-state index is 12.0. The molecular weight excluding hydrogens is 354 g/mol. The van der Waals surface area contributed by atoms with Crippen LogP contribution < -0.4 is 15.8 Å². The van der Waals surface area contributed by atoms with E-state index in [4.69, 9.17) is 26.8 Å². The van der Waals surface area contributed by atoms with E-state index in [0.29, 0.717) is 42.1 Å². The first-order chi connectivity index (χ1) is 12.3. The molecule has 0 spiro atoms. The normalized spacial score (nSPS) is 15.4. The summed E-state index contributed by atoms with van der Waals surface area (Å²) >= 11 is 6.20. The van der Waals surface area contributed by atoms with Gasteiger partial charge >= 0.3 is 6.09 Å². The fraction of sp³-hybridized carbons (Fsp3) is 0.632. The van der Waals surface area contributed by atoms with Crippen LogP contribution in [0, 0.1) is 5.92 Å². The SMILES string of the molecule is CC(C)COC(=O)N1CCC(Nc2cc(OC(C)C)c(Cl)cc2N)CC1. The zero-order valence-corrected chi connectivity index (χ0v) is 16.8. The van der Waals surface area contributed by atoms with Crippen molar-refractivity contribution in [3.63, 3.8) is 0 Å². The fourth-order valence-electron chi connectivity index (χ4n) is 2.79. The van der Waals surface area contributed by atoms with Gasteiger partial charge in [-0.1, -0.05) is 25.4 Å². The summed E-state index contributed by atoms with van der Waals surface area (Å²) in [7, 11) is 0. The van der Waals surface area contributed by atoms with Crippen LogP contribution in [0.25, 0.3) is 0 Å². The van der Waals surface area contributed by atoms with Crippen molar-refractivity contribution in [3.8, 4) is 5.75 Å². The lowest BCUT2D eigenvalue weighted by atomic mass is 10.0. The van der Waals surface area contributed by atoms with Crippen LogP contribution in [0.15, 0.2) is 12.1 Å². The molecule has 1 fully saturated rings. The van der Waals surface area contributed by atoms with Crippen molar-refractivity contribution in [2.75, 3.05) is 30.7 Å². The maximum Gasteiger partial charge on any atom is 0.409 e. The number of hydrogen-bond acceptors (Lipinski definition) is 5. The molecular formula is C19H30ClN3O3. The van der Waals surface area contributed by atoms with Gasteiger partial charge in [0.2, 0.25) is 0 Å². The summed E-state index contributed by atoms with van der Waals surface area (Å²) in [6.45, 7) is 9.74. The molecule has 1 aromatic carbocycles. The molecule has 1 heterocycles. The minimum absolute atomic E-state index is 0.0315. The summed E-state index contributed by atoms with van der Waals surface area (Å²) < 4.78 is 11.0. The highest BCUT2D eigenvalue weighted by molar-refractivity contribution is 6.32. The molecule has 0 aliphatic carbocycles. The molecule has 0 radical (unpaired) electrons. The van der Waals surface area contributed by atoms with Crippen molar-refractivity contribution < 1.29 is 14.3 Å². The van der Waals surface area contributed by atoms with Crippen LogP contribution in [-0.2, 0) is 4.74 Å². The number of carbonyl (C=O) groups excluding carboxylic acids is 1. The Kier molecular flexibility index (Phi) is 7.26. The molecule has 0 atom stereocenters. The van der Waals surface area contributed by atoms with Crippen molar-refractivity contribution in [2.24, 2.45) is 5.92 Å². The van der Waals surface area contributed by atoms with Gasteiger partial charge in [-0.3, -0.25) is 0 Å². The summed E-state index contributed by atoms with van der Waals surface area (Å²) in [6, 6.07) is 3.79. The molecule has 3 N–H and O–H groups in total. The van der Waals surface area contributed by atoms with E-state index in [1.54, 1.807) is 11.0 Å². The number of rotatable bonds is 6. The Bertz CT molecular complexity index is 614. The zero-order chi connectivity index (χ0) is 19.3. The summed E-state index contributed by atoms with van der Waals surface area (Å²) in [5.41, 5.74) is 7.49. The van der Waals surface area contributed by atoms with Gasteiger partial charge in [-0.15, -0.1) is 0 Å². The first kappa shape index (κ1) is 20.5. The standard InChI is InChI=1S/C19H30ClN3O3/c1-12(2)11-25-19(24)23-7-5-14(6-8-23)22-17-10-18(26-13(3)4)15(20)9-16(17)21/h9-10,12-14,22H,5-8,11,21H2,1-4H3. The first-order valence-electron chi connectivity index (χ1n) is 9.20. The molecule has 1 amide bonds. The topological polar surface area (TPSA) is 76.8 Å². The maximum atomic E-state index is 12.0. The van der Waals surface area contributed by atoms with Crippen LogP contribution in [0.3, 0.4) is 0 Å². The fourth-order valence-corrected chi connectivity index (χ4v) is 3.01. The molecule has 0 bridgehead atoms. The Balaban J connectivity index is 1.92. The van der Waals surface area contributed by atoms with E-state index in [1.807, 2.05) is 33.8 Å². The smallest absolute Gasteiger partial charge is 0.409 e. The highest BCUT2D eigenvalue weighted by Gasteiger charge is 2.24. The number of nitrogens with two attached hydrogens (primary N) is 1. The van der Waals surface area contributed by atoms with E-state index in [9.17, 15) is 4.79 Å². The monoisotopic (exact) mass is 383 g/mol. The molecule has 0 unspecified atom stereocenters. The Morgan fingerprint density at radius 1 is 1.31 bits per heavy atom. The second kappa shape index (κ2) is 9.21. The predicted molar refractivity (Wildman–Crippen MR) is 106 cm³/mol. The zero-order valence-electron chi connectivity index (χ0n) is 16.0. The molecule has 1 aromatic rings. The van der Waals surface area contributed by atoms with E-state index < -0.39 is 0 Å². The number of likely N-dealkylation sites (tertiary alicyclic amines) is 1. The largest absolute Gasteiger partial charge is 0.489 e. The van der Waals surface area contributed by atoms with E-state index in [2.05, 4.69) is 5.32 Å². The number of amides is 1. The van der Waals surface area contributed by atoms with E-state index in [-0.39, 0.29) is 18.2 Å². The van der Waals surface area contributed by atoms with Gasteiger partial charge in [0.25, 0.3) is 0 Å². The second-order valence-corrected chi connectivity index (χ2v) is 7.82. The van der Waals surface area contributed by atoms with Crippen LogP contribution in [0.1, 0.15) is 40.5 Å². The molecule has 146 valence electrons. The molecule has 26 heavy (non-hydrogen) atoms. The third kappa shape index (κ3) is 5.87. The summed E-state index contributed by atoms with van der Waals surface area (Å²) in [5, 5.41) is 3.96. The highest BCUT2D eigenvalue weighted by Crippen LogP contribution is 2.34. The van der Waals surface area contributed by atoms with Crippen LogP contribution in [-0.4, -0.2) is 42.8 Å². The summed E-state index contributed by atoms with van der Waals surface area (Å²) in [5.74, 6) is 0.960. The summed E-state index contributed by atoms with van der Waals surface area (Å²) in [4.78, 5) is 13.8. The molecule has 1 aliphatic heterocycles. The average Bonchev–Trinajstić information content (AvgIpc) is 2.57. The Hall–Kier alpha value is -1.82. The molecule has 0 saturated carbocycles. The lowest BCUT2D eigenvalue weighted by Crippen LogP contribution is -2.43. The van der Waals surface area contributed by atoms with Crippen molar-refractivity contribution >= 4 is 29.1 Å². The third-order valence-electron chi connectivity index (χ3n) is 4.12. The number of anilines is 2. The van der Waals surface area contributed by atoms with Crippen LogP contribution in [0.4, 0.5) is 16.2 Å². The molecule has 6 nitrogen and oxygen atoms in total. The van der Waals surface area contributed by atoms with Gasteiger partial charge in [0, 0.05) is 25.2 Å². The second-order valence-electron chi connectivity index (χ2n) is 7.41. The van der Waals surface area contributed by atoms with E-state index in [0.717, 1.165) is 18.5 Å². The van der Waals surface area contributed by atoms with E-state index >= 15 is 0 Å². The lowest BCUT2D eigenvalue weighted by Gasteiger charge is -2.32. The van der Waals surface area contributed by atoms with E-state index in [1.165, 1.54) is 0 Å². The van der Waals surface area contributed by atoms with Crippen LogP contribution in [0.5, 0.6) is 5.75 Å². The highest BCUT2D eigenvalue weighted by atomic mass is 35.5. The molecule has 1 saturated heterocycles. The Morgan fingerprint density at radius 2 is 1.96 bits per heavy atom.